The summed E-state index contributed by atoms with van der Waals surface area (Å²) < 4.78 is 27.0. The van der Waals surface area contributed by atoms with Crippen molar-refractivity contribution in [3.05, 3.63) is 23.8 Å². The Morgan fingerprint density at radius 1 is 1.47 bits per heavy atom. The number of primary sulfonamides is 1. The third-order valence-electron chi connectivity index (χ3n) is 2.60. The van der Waals surface area contributed by atoms with Crippen LogP contribution in [0.3, 0.4) is 0 Å². The highest BCUT2D eigenvalue weighted by atomic mass is 32.2. The zero-order valence-corrected chi connectivity index (χ0v) is 11.0. The summed E-state index contributed by atoms with van der Waals surface area (Å²) in [5, 5.41) is 10.5. The number of nitrogens with two attached hydrogens (primary N) is 1. The number of nitrogens with one attached hydrogen (secondary N) is 2. The predicted octanol–water partition coefficient (Wildman–Crippen LogP) is -0.491. The van der Waals surface area contributed by atoms with Gasteiger partial charge in [0, 0.05) is 13.1 Å². The number of carbonyl (C=O) groups excluding carboxylic acids is 1. The number of benzene rings is 1. The van der Waals surface area contributed by atoms with Crippen molar-refractivity contribution < 1.29 is 17.9 Å². The first-order valence-electron chi connectivity index (χ1n) is 5.76. The van der Waals surface area contributed by atoms with Crippen molar-refractivity contribution in [3.63, 3.8) is 0 Å². The molecule has 7 nitrogen and oxygen atoms in total. The van der Waals surface area contributed by atoms with Crippen LogP contribution in [-0.4, -0.2) is 39.8 Å². The van der Waals surface area contributed by atoms with Crippen molar-refractivity contribution in [1.82, 2.24) is 5.32 Å². The molecule has 4 N–H and O–H groups in total. The number of amides is 1. The van der Waals surface area contributed by atoms with Crippen molar-refractivity contribution in [1.29, 1.82) is 0 Å². The van der Waals surface area contributed by atoms with E-state index in [2.05, 4.69) is 10.6 Å². The molecule has 0 spiro atoms. The first kappa shape index (κ1) is 13.6. The summed E-state index contributed by atoms with van der Waals surface area (Å²) in [4.78, 5) is 11.9. The van der Waals surface area contributed by atoms with Gasteiger partial charge in [-0.25, -0.2) is 13.6 Å². The molecule has 0 saturated heterocycles. The van der Waals surface area contributed by atoms with Crippen LogP contribution in [0.25, 0.3) is 0 Å². The number of ether oxygens (including phenoxy) is 1. The van der Waals surface area contributed by atoms with Gasteiger partial charge in [-0.05, 0) is 12.1 Å². The van der Waals surface area contributed by atoms with Crippen molar-refractivity contribution in [3.8, 4) is 5.75 Å². The molecule has 0 atom stereocenters. The summed E-state index contributed by atoms with van der Waals surface area (Å²) in [5.74, 6) is -0.196. The first-order chi connectivity index (χ1) is 8.97. The van der Waals surface area contributed by atoms with Crippen molar-refractivity contribution >= 4 is 21.6 Å². The number of anilines is 1. The molecule has 0 fully saturated rings. The van der Waals surface area contributed by atoms with Gasteiger partial charge in [0.1, 0.15) is 6.61 Å². The topological polar surface area (TPSA) is 111 Å². The van der Waals surface area contributed by atoms with Gasteiger partial charge < -0.3 is 15.4 Å². The molecule has 1 amide bonds. The molecule has 1 heterocycles. The summed E-state index contributed by atoms with van der Waals surface area (Å²) in [6.07, 6.45) is 0. The van der Waals surface area contributed by atoms with Crippen LogP contribution in [0.5, 0.6) is 5.75 Å². The molecule has 1 aliphatic rings. The van der Waals surface area contributed by atoms with Crippen molar-refractivity contribution in [2.75, 3.05) is 30.8 Å². The fraction of sp³-hybridized carbons (Fsp3) is 0.364. The summed E-state index contributed by atoms with van der Waals surface area (Å²) in [7, 11) is -3.58. The zero-order valence-electron chi connectivity index (χ0n) is 10.2. The maximum Gasteiger partial charge on any atom is 0.255 e. The van der Waals surface area contributed by atoms with Crippen LogP contribution in [0.15, 0.2) is 18.2 Å². The first-order valence-corrected chi connectivity index (χ1v) is 7.47. The Bertz CT molecular complexity index is 586. The fourth-order valence-corrected chi connectivity index (χ4v) is 2.14. The molecule has 8 heteroatoms. The molecule has 0 saturated carbocycles. The number of fused-ring (bicyclic) bond motifs is 1. The maximum absolute atomic E-state index is 11.9. The van der Waals surface area contributed by atoms with Crippen LogP contribution in [0.2, 0.25) is 0 Å². The quantitative estimate of drug-likeness (QED) is 0.691. The lowest BCUT2D eigenvalue weighted by Crippen LogP contribution is -2.32. The van der Waals surface area contributed by atoms with Gasteiger partial charge in [0.2, 0.25) is 10.0 Å². The van der Waals surface area contributed by atoms with Crippen molar-refractivity contribution in [2.24, 2.45) is 5.14 Å². The SMILES string of the molecule is NS(=O)(=O)CCNC(=O)c1cccc2c1OCCN2. The van der Waals surface area contributed by atoms with Gasteiger partial charge in [-0.1, -0.05) is 6.07 Å². The number of hydrogen-bond acceptors (Lipinski definition) is 5. The van der Waals surface area contributed by atoms with E-state index in [1.165, 1.54) is 0 Å². The van der Waals surface area contributed by atoms with Gasteiger partial charge in [0.15, 0.2) is 5.75 Å². The molecule has 2 rings (SSSR count). The van der Waals surface area contributed by atoms with E-state index in [1.54, 1.807) is 12.1 Å². The van der Waals surface area contributed by atoms with Gasteiger partial charge in [0.05, 0.1) is 17.0 Å². The van der Waals surface area contributed by atoms with E-state index in [0.717, 1.165) is 5.69 Å². The lowest BCUT2D eigenvalue weighted by molar-refractivity contribution is 0.0952. The summed E-state index contributed by atoms with van der Waals surface area (Å²) >= 11 is 0. The number of hydrogen-bond donors (Lipinski definition) is 3. The Morgan fingerprint density at radius 2 is 2.26 bits per heavy atom. The number of para-hydroxylation sites is 1. The highest BCUT2D eigenvalue weighted by Gasteiger charge is 2.18. The van der Waals surface area contributed by atoms with Crippen LogP contribution < -0.4 is 20.5 Å². The van der Waals surface area contributed by atoms with Crippen LogP contribution in [0.4, 0.5) is 5.69 Å². The minimum absolute atomic E-state index is 0.0330. The van der Waals surface area contributed by atoms with Gasteiger partial charge in [0.25, 0.3) is 5.91 Å². The van der Waals surface area contributed by atoms with Gasteiger partial charge in [-0.15, -0.1) is 0 Å². The minimum Gasteiger partial charge on any atom is -0.489 e. The lowest BCUT2D eigenvalue weighted by Gasteiger charge is -2.21. The Labute approximate surface area is 111 Å². The predicted molar refractivity (Wildman–Crippen MR) is 70.7 cm³/mol. The molecule has 104 valence electrons. The van der Waals surface area contributed by atoms with Gasteiger partial charge in [-0.3, -0.25) is 4.79 Å². The Balaban J connectivity index is 2.07. The number of rotatable bonds is 4. The second-order valence-corrected chi connectivity index (χ2v) is 5.81. The van der Waals surface area contributed by atoms with Gasteiger partial charge >= 0.3 is 0 Å². The van der Waals surface area contributed by atoms with E-state index in [9.17, 15) is 13.2 Å². The second-order valence-electron chi connectivity index (χ2n) is 4.08. The smallest absolute Gasteiger partial charge is 0.255 e. The largest absolute Gasteiger partial charge is 0.489 e. The molecule has 0 unspecified atom stereocenters. The summed E-state index contributed by atoms with van der Waals surface area (Å²) in [6, 6.07) is 5.17. The van der Waals surface area contributed by atoms with E-state index in [4.69, 9.17) is 9.88 Å². The van der Waals surface area contributed by atoms with Gasteiger partial charge in [-0.2, -0.15) is 0 Å². The monoisotopic (exact) mass is 285 g/mol. The summed E-state index contributed by atoms with van der Waals surface area (Å²) in [5.41, 5.74) is 1.13. The molecule has 0 radical (unpaired) electrons. The number of sulfonamides is 1. The fourth-order valence-electron chi connectivity index (χ4n) is 1.75. The van der Waals surface area contributed by atoms with E-state index in [0.29, 0.717) is 24.5 Å². The summed E-state index contributed by atoms with van der Waals surface area (Å²) in [6.45, 7) is 1.13. The molecule has 0 bridgehead atoms. The second kappa shape index (κ2) is 5.45. The van der Waals surface area contributed by atoms with Crippen LogP contribution in [-0.2, 0) is 10.0 Å². The molecule has 1 aromatic rings. The Hall–Kier alpha value is -1.80. The van der Waals surface area contributed by atoms with E-state index in [-0.39, 0.29) is 18.2 Å². The molecule has 1 aromatic carbocycles. The molecule has 1 aliphatic heterocycles. The third kappa shape index (κ3) is 3.58. The van der Waals surface area contributed by atoms with Crippen LogP contribution >= 0.6 is 0 Å². The highest BCUT2D eigenvalue weighted by molar-refractivity contribution is 7.89. The number of carbonyl (C=O) groups is 1. The average molecular weight is 285 g/mol. The molecule has 0 aliphatic carbocycles. The zero-order chi connectivity index (χ0) is 13.9. The minimum atomic E-state index is -3.58. The molecule has 19 heavy (non-hydrogen) atoms. The van der Waals surface area contributed by atoms with Crippen LogP contribution in [0.1, 0.15) is 10.4 Å². The van der Waals surface area contributed by atoms with E-state index >= 15 is 0 Å². The standard InChI is InChI=1S/C11H15N3O4S/c12-19(16,17)7-5-14-11(15)8-2-1-3-9-10(8)18-6-4-13-9/h1-3,13H,4-7H2,(H,14,15)(H2,12,16,17). The van der Waals surface area contributed by atoms with Crippen molar-refractivity contribution in [2.45, 2.75) is 0 Å². The Kier molecular flexibility index (Phi) is 3.91. The lowest BCUT2D eigenvalue weighted by atomic mass is 10.1. The highest BCUT2D eigenvalue weighted by Crippen LogP contribution is 2.30. The van der Waals surface area contributed by atoms with E-state index < -0.39 is 10.0 Å². The third-order valence-corrected chi connectivity index (χ3v) is 3.37. The van der Waals surface area contributed by atoms with E-state index in [1.807, 2.05) is 6.07 Å². The molecular weight excluding hydrogens is 270 g/mol. The molecule has 0 aromatic heterocycles. The molecular formula is C11H15N3O4S. The normalized spacial score (nSPS) is 13.9. The Morgan fingerprint density at radius 3 is 3.00 bits per heavy atom. The maximum atomic E-state index is 11.9. The van der Waals surface area contributed by atoms with Crippen LogP contribution in [0, 0.1) is 0 Å². The average Bonchev–Trinajstić information content (AvgIpc) is 2.36.